The summed E-state index contributed by atoms with van der Waals surface area (Å²) in [6.07, 6.45) is 0. The van der Waals surface area contributed by atoms with Crippen LogP contribution in [0.3, 0.4) is 0 Å². The van der Waals surface area contributed by atoms with E-state index in [1.165, 1.54) is 11.1 Å². The van der Waals surface area contributed by atoms with Crippen molar-refractivity contribution in [1.82, 2.24) is 0 Å². The highest BCUT2D eigenvalue weighted by Gasteiger charge is 2.02. The van der Waals surface area contributed by atoms with Gasteiger partial charge in [0.1, 0.15) is 0 Å². The van der Waals surface area contributed by atoms with Crippen molar-refractivity contribution in [2.24, 2.45) is 0 Å². The Kier molecular flexibility index (Phi) is 3.59. The zero-order valence-corrected chi connectivity index (χ0v) is 10.8. The van der Waals surface area contributed by atoms with Gasteiger partial charge in [-0.3, -0.25) is 0 Å². The van der Waals surface area contributed by atoms with Crippen molar-refractivity contribution in [1.29, 1.82) is 0 Å². The van der Waals surface area contributed by atoms with Crippen molar-refractivity contribution in [2.75, 3.05) is 0 Å². The average Bonchev–Trinajstić information content (AvgIpc) is 1.85. The monoisotopic (exact) mass is 340 g/mol. The molecule has 0 bridgehead atoms. The lowest BCUT2D eigenvalue weighted by Gasteiger charge is -2.05. The molecular weight excluding hydrogens is 336 g/mol. The van der Waals surface area contributed by atoms with Crippen LogP contribution >= 0.6 is 47.8 Å². The molecule has 0 saturated carbocycles. The van der Waals surface area contributed by atoms with Gasteiger partial charge in [-0.1, -0.05) is 47.8 Å². The quantitative estimate of drug-likeness (QED) is 0.663. The molecule has 0 spiro atoms. The maximum atomic E-state index is 3.50. The summed E-state index contributed by atoms with van der Waals surface area (Å²) in [7, 11) is 0. The second-order valence-corrected chi connectivity index (χ2v) is 4.65. The molecule has 0 aliphatic heterocycles. The maximum Gasteiger partial charge on any atom is 0.0296 e. The molecule has 0 aromatic heterocycles. The number of hydrogen-bond acceptors (Lipinski definition) is 0. The predicted molar refractivity (Wildman–Crippen MR) is 59.2 cm³/mol. The summed E-state index contributed by atoms with van der Waals surface area (Å²) in [4.78, 5) is 0. The van der Waals surface area contributed by atoms with Gasteiger partial charge in [0.15, 0.2) is 0 Å². The minimum Gasteiger partial charge on any atom is -0.0876 e. The molecule has 0 atom stereocenters. The molecule has 0 nitrogen and oxygen atoms in total. The van der Waals surface area contributed by atoms with Crippen LogP contribution < -0.4 is 0 Å². The van der Waals surface area contributed by atoms with Gasteiger partial charge in [0.25, 0.3) is 0 Å². The van der Waals surface area contributed by atoms with Crippen molar-refractivity contribution in [3.63, 3.8) is 0 Å². The van der Waals surface area contributed by atoms with E-state index in [-0.39, 0.29) is 0 Å². The fourth-order valence-corrected chi connectivity index (χ4v) is 3.60. The number of rotatable bonds is 1. The molecule has 3 heteroatoms. The van der Waals surface area contributed by atoms with E-state index < -0.39 is 0 Å². The molecule has 0 N–H and O–H groups in total. The first-order valence-electron chi connectivity index (χ1n) is 3.15. The number of alkyl halides is 1. The van der Waals surface area contributed by atoms with Gasteiger partial charge < -0.3 is 0 Å². The predicted octanol–water partition coefficient (Wildman–Crippen LogP) is 4.41. The van der Waals surface area contributed by atoms with Crippen LogP contribution in [0.25, 0.3) is 0 Å². The average molecular weight is 343 g/mol. The van der Waals surface area contributed by atoms with E-state index in [0.29, 0.717) is 0 Å². The molecule has 1 rings (SSSR count). The summed E-state index contributed by atoms with van der Waals surface area (Å²) >= 11 is 10.4. The fraction of sp³-hybridized carbons (Fsp3) is 0.250. The molecule has 0 aliphatic carbocycles. The first-order valence-corrected chi connectivity index (χ1v) is 5.86. The van der Waals surface area contributed by atoms with E-state index in [1.807, 2.05) is 0 Å². The lowest BCUT2D eigenvalue weighted by Crippen LogP contribution is -1.86. The Hall–Kier alpha value is 0.660. The molecule has 0 amide bonds. The first-order chi connectivity index (χ1) is 5.15. The molecule has 0 heterocycles. The van der Waals surface area contributed by atoms with Crippen LogP contribution in [0.15, 0.2) is 21.1 Å². The molecule has 1 aromatic carbocycles. The zero-order valence-electron chi connectivity index (χ0n) is 6.00. The normalized spacial score (nSPS) is 10.2. The third-order valence-corrected chi connectivity index (χ3v) is 3.24. The minimum absolute atomic E-state index is 0.896. The van der Waals surface area contributed by atoms with Gasteiger partial charge in [-0.25, -0.2) is 0 Å². The van der Waals surface area contributed by atoms with E-state index in [4.69, 9.17) is 0 Å². The van der Waals surface area contributed by atoms with Crippen LogP contribution in [-0.4, -0.2) is 0 Å². The van der Waals surface area contributed by atoms with Gasteiger partial charge in [0.2, 0.25) is 0 Å². The second-order valence-electron chi connectivity index (χ2n) is 2.32. The van der Waals surface area contributed by atoms with E-state index in [1.54, 1.807) is 0 Å². The minimum atomic E-state index is 0.896. The summed E-state index contributed by atoms with van der Waals surface area (Å²) in [6.45, 7) is 2.10. The highest BCUT2D eigenvalue weighted by atomic mass is 79.9. The van der Waals surface area contributed by atoms with Crippen molar-refractivity contribution < 1.29 is 0 Å². The second kappa shape index (κ2) is 4.06. The van der Waals surface area contributed by atoms with Crippen LogP contribution in [0.1, 0.15) is 11.1 Å². The Morgan fingerprint density at radius 3 is 2.36 bits per heavy atom. The van der Waals surface area contributed by atoms with Gasteiger partial charge in [0, 0.05) is 14.3 Å². The number of benzene rings is 1. The molecule has 11 heavy (non-hydrogen) atoms. The maximum absolute atomic E-state index is 3.50. The Bertz CT molecular complexity index is 245. The molecule has 0 radical (unpaired) electrons. The number of halogens is 3. The fourth-order valence-electron chi connectivity index (χ4n) is 0.901. The molecule has 0 aliphatic rings. The van der Waals surface area contributed by atoms with Crippen LogP contribution in [0, 0.1) is 6.92 Å². The summed E-state index contributed by atoms with van der Waals surface area (Å²) in [6, 6.07) is 4.17. The van der Waals surface area contributed by atoms with Crippen molar-refractivity contribution >= 4 is 47.8 Å². The molecule has 1 aromatic rings. The standard InChI is InChI=1S/C8H7Br3/c1-5-2-6(10)3-8(11)7(5)4-9/h2-3H,4H2,1H3. The van der Waals surface area contributed by atoms with Gasteiger partial charge in [-0.15, -0.1) is 0 Å². The van der Waals surface area contributed by atoms with Crippen LogP contribution in [-0.2, 0) is 5.33 Å². The first kappa shape index (κ1) is 9.75. The van der Waals surface area contributed by atoms with Crippen molar-refractivity contribution in [3.8, 4) is 0 Å². The van der Waals surface area contributed by atoms with Gasteiger partial charge >= 0.3 is 0 Å². The van der Waals surface area contributed by atoms with Gasteiger partial charge in [-0.2, -0.15) is 0 Å². The number of aryl methyl sites for hydroxylation is 1. The largest absolute Gasteiger partial charge is 0.0876 e. The third kappa shape index (κ3) is 2.30. The molecule has 0 fully saturated rings. The summed E-state index contributed by atoms with van der Waals surface area (Å²) < 4.78 is 2.27. The van der Waals surface area contributed by atoms with Crippen molar-refractivity contribution in [3.05, 3.63) is 32.2 Å². The van der Waals surface area contributed by atoms with Crippen LogP contribution in [0.4, 0.5) is 0 Å². The summed E-state index contributed by atoms with van der Waals surface area (Å²) in [5.74, 6) is 0. The lowest BCUT2D eigenvalue weighted by molar-refractivity contribution is 1.29. The molecule has 60 valence electrons. The third-order valence-electron chi connectivity index (χ3n) is 1.52. The SMILES string of the molecule is Cc1cc(Br)cc(Br)c1CBr. The van der Waals surface area contributed by atoms with Gasteiger partial charge in [0.05, 0.1) is 0 Å². The Balaban J connectivity index is 3.25. The molecule has 0 saturated heterocycles. The van der Waals surface area contributed by atoms with Gasteiger partial charge in [-0.05, 0) is 30.2 Å². The van der Waals surface area contributed by atoms with E-state index >= 15 is 0 Å². The highest BCUT2D eigenvalue weighted by Crippen LogP contribution is 2.27. The molecular formula is C8H7Br3. The van der Waals surface area contributed by atoms with E-state index in [9.17, 15) is 0 Å². The number of hydrogen-bond donors (Lipinski definition) is 0. The van der Waals surface area contributed by atoms with Crippen LogP contribution in [0.5, 0.6) is 0 Å². The molecule has 0 unspecified atom stereocenters. The van der Waals surface area contributed by atoms with Crippen molar-refractivity contribution in [2.45, 2.75) is 12.3 Å². The zero-order chi connectivity index (χ0) is 8.43. The van der Waals surface area contributed by atoms with Crippen LogP contribution in [0.2, 0.25) is 0 Å². The lowest BCUT2D eigenvalue weighted by atomic mass is 10.1. The van der Waals surface area contributed by atoms with E-state index in [0.717, 1.165) is 14.3 Å². The summed E-state index contributed by atoms with van der Waals surface area (Å²) in [5, 5.41) is 0.896. The Labute approximate surface area is 91.8 Å². The Morgan fingerprint density at radius 1 is 1.27 bits per heavy atom. The summed E-state index contributed by atoms with van der Waals surface area (Å²) in [5.41, 5.74) is 2.61. The Morgan fingerprint density at radius 2 is 1.91 bits per heavy atom. The highest BCUT2D eigenvalue weighted by molar-refractivity contribution is 9.11. The topological polar surface area (TPSA) is 0 Å². The smallest absolute Gasteiger partial charge is 0.0296 e. The van der Waals surface area contributed by atoms with E-state index in [2.05, 4.69) is 66.8 Å².